The van der Waals surface area contributed by atoms with Gasteiger partial charge in [0.1, 0.15) is 5.15 Å². The van der Waals surface area contributed by atoms with Gasteiger partial charge in [-0.25, -0.2) is 4.98 Å². The van der Waals surface area contributed by atoms with Gasteiger partial charge < -0.3 is 9.64 Å². The number of pyridine rings is 1. The van der Waals surface area contributed by atoms with Crippen molar-refractivity contribution in [3.05, 3.63) is 28.5 Å². The van der Waals surface area contributed by atoms with E-state index in [2.05, 4.69) is 4.98 Å². The molecule has 0 aliphatic carbocycles. The predicted octanol–water partition coefficient (Wildman–Crippen LogP) is 2.29. The van der Waals surface area contributed by atoms with Crippen LogP contribution < -0.4 is 0 Å². The van der Waals surface area contributed by atoms with Gasteiger partial charge in [-0.3, -0.25) is 4.79 Å². The van der Waals surface area contributed by atoms with Crippen molar-refractivity contribution in [3.8, 4) is 0 Å². The van der Waals surface area contributed by atoms with E-state index in [1.165, 1.54) is 0 Å². The summed E-state index contributed by atoms with van der Waals surface area (Å²) in [5.74, 6) is -0.0150. The molecular weight excluding hydrogens is 252 g/mol. The Hall–Kier alpha value is -1.13. The van der Waals surface area contributed by atoms with Crippen molar-refractivity contribution in [1.29, 1.82) is 0 Å². The zero-order valence-corrected chi connectivity index (χ0v) is 11.6. The average molecular weight is 269 g/mol. The lowest BCUT2D eigenvalue weighted by atomic mass is 10.1. The van der Waals surface area contributed by atoms with E-state index in [1.54, 1.807) is 17.0 Å². The molecule has 0 N–H and O–H groups in total. The quantitative estimate of drug-likeness (QED) is 0.734. The first-order valence-electron chi connectivity index (χ1n) is 5.95. The van der Waals surface area contributed by atoms with E-state index in [4.69, 9.17) is 16.3 Å². The van der Waals surface area contributed by atoms with Crippen molar-refractivity contribution < 1.29 is 9.53 Å². The van der Waals surface area contributed by atoms with Crippen LogP contribution in [-0.2, 0) is 4.74 Å². The van der Waals surface area contributed by atoms with E-state index < -0.39 is 0 Å². The number of ether oxygens (including phenoxy) is 1. The number of hydrogen-bond donors (Lipinski definition) is 0. The Morgan fingerprint density at radius 1 is 1.50 bits per heavy atom. The van der Waals surface area contributed by atoms with Gasteiger partial charge in [-0.2, -0.15) is 0 Å². The van der Waals surface area contributed by atoms with E-state index in [-0.39, 0.29) is 11.5 Å². The first-order valence-corrected chi connectivity index (χ1v) is 6.33. The minimum absolute atomic E-state index is 0.0150. The molecule has 5 heteroatoms. The second-order valence-electron chi connectivity index (χ2n) is 5.15. The van der Waals surface area contributed by atoms with Crippen molar-refractivity contribution in [2.45, 2.75) is 26.4 Å². The van der Waals surface area contributed by atoms with Crippen molar-refractivity contribution in [2.75, 3.05) is 19.7 Å². The molecule has 0 saturated carbocycles. The third-order valence-electron chi connectivity index (χ3n) is 2.88. The molecule has 0 bridgehead atoms. The summed E-state index contributed by atoms with van der Waals surface area (Å²) in [4.78, 5) is 18.2. The Morgan fingerprint density at radius 2 is 2.22 bits per heavy atom. The van der Waals surface area contributed by atoms with Crippen molar-refractivity contribution in [3.63, 3.8) is 0 Å². The zero-order valence-electron chi connectivity index (χ0n) is 10.9. The Balaban J connectivity index is 2.20. The molecule has 1 fully saturated rings. The molecule has 2 heterocycles. The van der Waals surface area contributed by atoms with Gasteiger partial charge in [0.2, 0.25) is 0 Å². The smallest absolute Gasteiger partial charge is 0.254 e. The summed E-state index contributed by atoms with van der Waals surface area (Å²) in [7, 11) is 0. The maximum Gasteiger partial charge on any atom is 0.254 e. The largest absolute Gasteiger partial charge is 0.372 e. The number of aryl methyl sites for hydroxylation is 1. The Kier molecular flexibility index (Phi) is 3.59. The van der Waals surface area contributed by atoms with Crippen LogP contribution in [0.15, 0.2) is 12.1 Å². The highest BCUT2D eigenvalue weighted by atomic mass is 35.5. The second-order valence-corrected chi connectivity index (χ2v) is 5.54. The molecule has 18 heavy (non-hydrogen) atoms. The molecule has 0 spiro atoms. The van der Waals surface area contributed by atoms with Crippen LogP contribution in [0.4, 0.5) is 0 Å². The van der Waals surface area contributed by atoms with Gasteiger partial charge >= 0.3 is 0 Å². The highest BCUT2D eigenvalue weighted by Gasteiger charge is 2.30. The standard InChI is InChI=1S/C13H17ClN2O2/c1-9-6-10(7-11(14)15-9)12(17)16-4-5-18-13(2,3)8-16/h6-7H,4-5,8H2,1-3H3. The maximum absolute atomic E-state index is 12.4. The fraction of sp³-hybridized carbons (Fsp3) is 0.538. The Labute approximate surface area is 112 Å². The molecule has 1 aliphatic heterocycles. The van der Waals surface area contributed by atoms with Crippen LogP contribution in [-0.4, -0.2) is 41.1 Å². The molecule has 0 unspecified atom stereocenters. The van der Waals surface area contributed by atoms with Crippen LogP contribution >= 0.6 is 11.6 Å². The van der Waals surface area contributed by atoms with E-state index >= 15 is 0 Å². The maximum atomic E-state index is 12.4. The molecule has 0 atom stereocenters. The average Bonchev–Trinajstić information content (AvgIpc) is 2.25. The van der Waals surface area contributed by atoms with Crippen molar-refractivity contribution >= 4 is 17.5 Å². The molecule has 0 radical (unpaired) electrons. The highest BCUT2D eigenvalue weighted by Crippen LogP contribution is 2.19. The van der Waals surface area contributed by atoms with Crippen LogP contribution in [0, 0.1) is 6.92 Å². The van der Waals surface area contributed by atoms with Crippen molar-refractivity contribution in [1.82, 2.24) is 9.88 Å². The fourth-order valence-electron chi connectivity index (χ4n) is 2.12. The summed E-state index contributed by atoms with van der Waals surface area (Å²) in [5.41, 5.74) is 1.04. The molecule has 0 aromatic carbocycles. The topological polar surface area (TPSA) is 42.4 Å². The number of nitrogens with zero attached hydrogens (tertiary/aromatic N) is 2. The van der Waals surface area contributed by atoms with Crippen molar-refractivity contribution in [2.24, 2.45) is 0 Å². The van der Waals surface area contributed by atoms with Gasteiger partial charge in [0.05, 0.1) is 12.2 Å². The third-order valence-corrected chi connectivity index (χ3v) is 3.08. The molecule has 1 amide bonds. The fourth-order valence-corrected chi connectivity index (χ4v) is 2.37. The molecule has 1 aromatic rings. The highest BCUT2D eigenvalue weighted by molar-refractivity contribution is 6.29. The normalized spacial score (nSPS) is 18.8. The van der Waals surface area contributed by atoms with Gasteiger partial charge in [0.25, 0.3) is 5.91 Å². The van der Waals surface area contributed by atoms with Crippen LogP contribution in [0.2, 0.25) is 5.15 Å². The summed E-state index contributed by atoms with van der Waals surface area (Å²) in [5, 5.41) is 0.353. The molecule has 1 aromatic heterocycles. The van der Waals surface area contributed by atoms with Gasteiger partial charge in [0.15, 0.2) is 0 Å². The first kappa shape index (κ1) is 13.3. The summed E-state index contributed by atoms with van der Waals surface area (Å²) in [6.07, 6.45) is 0. The van der Waals surface area contributed by atoms with Crippen LogP contribution in [0.25, 0.3) is 0 Å². The molecule has 1 aliphatic rings. The Bertz CT molecular complexity index is 454. The summed E-state index contributed by atoms with van der Waals surface area (Å²) < 4.78 is 5.60. The number of hydrogen-bond acceptors (Lipinski definition) is 3. The van der Waals surface area contributed by atoms with Crippen LogP contribution in [0.5, 0.6) is 0 Å². The SMILES string of the molecule is Cc1cc(C(=O)N2CCOC(C)(C)C2)cc(Cl)n1. The number of carbonyl (C=O) groups is 1. The third kappa shape index (κ3) is 3.00. The lowest BCUT2D eigenvalue weighted by Gasteiger charge is -2.38. The van der Waals surface area contributed by atoms with Gasteiger partial charge in [-0.05, 0) is 32.9 Å². The van der Waals surface area contributed by atoms with Crippen LogP contribution in [0.3, 0.4) is 0 Å². The van der Waals surface area contributed by atoms with E-state index in [9.17, 15) is 4.79 Å². The molecule has 2 rings (SSSR count). The number of amides is 1. The summed E-state index contributed by atoms with van der Waals surface area (Å²) in [6, 6.07) is 3.37. The minimum Gasteiger partial charge on any atom is -0.372 e. The van der Waals surface area contributed by atoms with E-state index in [0.717, 1.165) is 5.69 Å². The predicted molar refractivity (Wildman–Crippen MR) is 69.9 cm³/mol. The number of rotatable bonds is 1. The van der Waals surface area contributed by atoms with Gasteiger partial charge in [0, 0.05) is 24.3 Å². The van der Waals surface area contributed by atoms with E-state index in [1.807, 2.05) is 20.8 Å². The first-order chi connectivity index (χ1) is 8.37. The van der Waals surface area contributed by atoms with E-state index in [0.29, 0.717) is 30.4 Å². The molecule has 4 nitrogen and oxygen atoms in total. The zero-order chi connectivity index (χ0) is 13.3. The van der Waals surface area contributed by atoms with Gasteiger partial charge in [-0.15, -0.1) is 0 Å². The van der Waals surface area contributed by atoms with Gasteiger partial charge in [-0.1, -0.05) is 11.6 Å². The Morgan fingerprint density at radius 3 is 2.83 bits per heavy atom. The number of halogens is 1. The summed E-state index contributed by atoms with van der Waals surface area (Å²) in [6.45, 7) is 7.56. The number of aromatic nitrogens is 1. The number of morpholine rings is 1. The van der Waals surface area contributed by atoms with Crippen LogP contribution in [0.1, 0.15) is 29.9 Å². The number of carbonyl (C=O) groups excluding carboxylic acids is 1. The molecular formula is C13H17ClN2O2. The second kappa shape index (κ2) is 4.86. The monoisotopic (exact) mass is 268 g/mol. The molecule has 98 valence electrons. The summed E-state index contributed by atoms with van der Waals surface area (Å²) >= 11 is 5.88. The lowest BCUT2D eigenvalue weighted by Crippen LogP contribution is -2.50. The minimum atomic E-state index is -0.292. The molecule has 1 saturated heterocycles. The lowest BCUT2D eigenvalue weighted by molar-refractivity contribution is -0.0764.